The number of nitrogens with zero attached hydrogens (tertiary/aromatic N) is 1. The lowest BCUT2D eigenvalue weighted by Crippen LogP contribution is -2.56. The fraction of sp³-hybridized carbons (Fsp3) is 0.600. The highest BCUT2D eigenvalue weighted by atomic mass is 32.2. The van der Waals surface area contributed by atoms with Crippen molar-refractivity contribution in [1.82, 2.24) is 10.2 Å². The summed E-state index contributed by atoms with van der Waals surface area (Å²) in [6.07, 6.45) is 1.24. The van der Waals surface area contributed by atoms with Gasteiger partial charge < -0.3 is 5.32 Å². The first-order valence-electron chi connectivity index (χ1n) is 6.95. The molecule has 1 fully saturated rings. The maximum absolute atomic E-state index is 3.51. The van der Waals surface area contributed by atoms with Crippen LogP contribution in [0.5, 0.6) is 0 Å². The third kappa shape index (κ3) is 2.44. The number of hydrogen-bond donors (Lipinski definition) is 1. The quantitative estimate of drug-likeness (QED) is 0.881. The van der Waals surface area contributed by atoms with Crippen molar-refractivity contribution in [3.8, 4) is 0 Å². The van der Waals surface area contributed by atoms with Crippen molar-refractivity contribution in [2.75, 3.05) is 19.6 Å². The number of fused-ring (bicyclic) bond motifs is 1. The van der Waals surface area contributed by atoms with E-state index in [1.54, 1.807) is 5.56 Å². The third-order valence-electron chi connectivity index (χ3n) is 4.14. The van der Waals surface area contributed by atoms with Crippen LogP contribution in [0.15, 0.2) is 29.2 Å². The van der Waals surface area contributed by atoms with Crippen LogP contribution < -0.4 is 5.32 Å². The number of rotatable bonds is 2. The zero-order chi connectivity index (χ0) is 12.5. The van der Waals surface area contributed by atoms with Gasteiger partial charge in [-0.2, -0.15) is 0 Å². The molecule has 1 saturated heterocycles. The zero-order valence-electron chi connectivity index (χ0n) is 11.2. The van der Waals surface area contributed by atoms with Crippen molar-refractivity contribution < 1.29 is 0 Å². The molecule has 3 heteroatoms. The van der Waals surface area contributed by atoms with Crippen LogP contribution in [0.1, 0.15) is 19.4 Å². The van der Waals surface area contributed by atoms with Crippen LogP contribution in [0.2, 0.25) is 0 Å². The normalized spacial score (nSPS) is 32.4. The van der Waals surface area contributed by atoms with Gasteiger partial charge in [-0.25, -0.2) is 0 Å². The summed E-state index contributed by atoms with van der Waals surface area (Å²) in [6.45, 7) is 8.18. The first-order valence-corrected chi connectivity index (χ1v) is 7.83. The molecule has 98 valence electrons. The average molecular weight is 262 g/mol. The molecule has 1 N–H and O–H groups in total. The van der Waals surface area contributed by atoms with Gasteiger partial charge in [-0.3, -0.25) is 4.90 Å². The Balaban J connectivity index is 1.65. The Morgan fingerprint density at radius 3 is 2.67 bits per heavy atom. The fourth-order valence-electron chi connectivity index (χ4n) is 3.12. The van der Waals surface area contributed by atoms with E-state index in [0.717, 1.165) is 18.3 Å². The maximum Gasteiger partial charge on any atom is 0.0263 e. The second kappa shape index (κ2) is 5.24. The average Bonchev–Trinajstić information content (AvgIpc) is 2.76. The van der Waals surface area contributed by atoms with E-state index < -0.39 is 0 Å². The molecule has 0 aromatic heterocycles. The number of hydrogen-bond acceptors (Lipinski definition) is 3. The molecular weight excluding hydrogens is 240 g/mol. The van der Waals surface area contributed by atoms with Crippen LogP contribution >= 0.6 is 11.8 Å². The summed E-state index contributed by atoms with van der Waals surface area (Å²) in [6, 6.07) is 10.2. The lowest BCUT2D eigenvalue weighted by Gasteiger charge is -2.40. The van der Waals surface area contributed by atoms with Gasteiger partial charge in [0, 0.05) is 41.9 Å². The summed E-state index contributed by atoms with van der Waals surface area (Å²) in [5, 5.41) is 4.25. The highest BCUT2D eigenvalue weighted by molar-refractivity contribution is 8.00. The molecule has 0 aliphatic carbocycles. The molecule has 0 bridgehead atoms. The predicted molar refractivity (Wildman–Crippen MR) is 78.3 cm³/mol. The van der Waals surface area contributed by atoms with Crippen LogP contribution in [-0.4, -0.2) is 41.9 Å². The van der Waals surface area contributed by atoms with E-state index in [1.807, 2.05) is 0 Å². The van der Waals surface area contributed by atoms with Crippen LogP contribution in [0.4, 0.5) is 0 Å². The number of benzene rings is 1. The summed E-state index contributed by atoms with van der Waals surface area (Å²) >= 11 is 2.07. The Labute approximate surface area is 114 Å². The largest absolute Gasteiger partial charge is 0.314 e. The second-order valence-corrected chi connectivity index (χ2v) is 6.95. The highest BCUT2D eigenvalue weighted by Crippen LogP contribution is 2.37. The molecule has 3 unspecified atom stereocenters. The Kier molecular flexibility index (Phi) is 3.64. The van der Waals surface area contributed by atoms with E-state index >= 15 is 0 Å². The smallest absolute Gasteiger partial charge is 0.0263 e. The van der Waals surface area contributed by atoms with Crippen molar-refractivity contribution in [1.29, 1.82) is 0 Å². The zero-order valence-corrected chi connectivity index (χ0v) is 12.0. The van der Waals surface area contributed by atoms with Gasteiger partial charge in [0.15, 0.2) is 0 Å². The van der Waals surface area contributed by atoms with E-state index in [4.69, 9.17) is 0 Å². The van der Waals surface area contributed by atoms with Crippen molar-refractivity contribution in [3.63, 3.8) is 0 Å². The van der Waals surface area contributed by atoms with Gasteiger partial charge >= 0.3 is 0 Å². The second-order valence-electron chi connectivity index (χ2n) is 5.60. The molecule has 0 radical (unpaired) electrons. The van der Waals surface area contributed by atoms with Gasteiger partial charge in [0.1, 0.15) is 0 Å². The number of nitrogens with one attached hydrogen (secondary N) is 1. The minimum Gasteiger partial charge on any atom is -0.314 e. The third-order valence-corrected chi connectivity index (χ3v) is 5.44. The summed E-state index contributed by atoms with van der Waals surface area (Å²) in [4.78, 5) is 4.18. The predicted octanol–water partition coefficient (Wildman–Crippen LogP) is 2.39. The molecule has 2 heterocycles. The fourth-order valence-corrected chi connectivity index (χ4v) is 4.45. The van der Waals surface area contributed by atoms with Gasteiger partial charge in [-0.05, 0) is 31.9 Å². The lowest BCUT2D eigenvalue weighted by molar-refractivity contribution is 0.118. The summed E-state index contributed by atoms with van der Waals surface area (Å²) in [5.74, 6) is 0. The Hall–Kier alpha value is -0.510. The SMILES string of the molecule is CC1CNCC(C)N1CC1Cc2ccccc2S1. The summed E-state index contributed by atoms with van der Waals surface area (Å²) < 4.78 is 0. The van der Waals surface area contributed by atoms with Crippen molar-refractivity contribution in [2.24, 2.45) is 0 Å². The van der Waals surface area contributed by atoms with Gasteiger partial charge in [0.05, 0.1) is 0 Å². The molecule has 1 aromatic carbocycles. The molecule has 0 saturated carbocycles. The molecule has 18 heavy (non-hydrogen) atoms. The monoisotopic (exact) mass is 262 g/mol. The topological polar surface area (TPSA) is 15.3 Å². The molecule has 3 atom stereocenters. The minimum atomic E-state index is 0.665. The van der Waals surface area contributed by atoms with E-state index in [2.05, 4.69) is 60.1 Å². The van der Waals surface area contributed by atoms with Gasteiger partial charge in [-0.15, -0.1) is 11.8 Å². The summed E-state index contributed by atoms with van der Waals surface area (Å²) in [7, 11) is 0. The van der Waals surface area contributed by atoms with E-state index in [-0.39, 0.29) is 0 Å². The first kappa shape index (κ1) is 12.5. The van der Waals surface area contributed by atoms with E-state index in [1.165, 1.54) is 17.9 Å². The lowest BCUT2D eigenvalue weighted by atomic mass is 10.1. The van der Waals surface area contributed by atoms with E-state index in [0.29, 0.717) is 12.1 Å². The molecule has 1 aromatic rings. The Bertz CT molecular complexity index is 386. The molecule has 0 spiro atoms. The Morgan fingerprint density at radius 2 is 1.94 bits per heavy atom. The van der Waals surface area contributed by atoms with Crippen molar-refractivity contribution in [2.45, 2.75) is 42.5 Å². The molecule has 2 nitrogen and oxygen atoms in total. The van der Waals surface area contributed by atoms with Crippen LogP contribution in [-0.2, 0) is 6.42 Å². The van der Waals surface area contributed by atoms with Gasteiger partial charge in [0.2, 0.25) is 0 Å². The van der Waals surface area contributed by atoms with Gasteiger partial charge in [0.25, 0.3) is 0 Å². The maximum atomic E-state index is 3.51. The van der Waals surface area contributed by atoms with Crippen molar-refractivity contribution >= 4 is 11.8 Å². The van der Waals surface area contributed by atoms with Crippen LogP contribution in [0.25, 0.3) is 0 Å². The summed E-state index contributed by atoms with van der Waals surface area (Å²) in [5.41, 5.74) is 1.54. The Morgan fingerprint density at radius 1 is 1.22 bits per heavy atom. The van der Waals surface area contributed by atoms with E-state index in [9.17, 15) is 0 Å². The highest BCUT2D eigenvalue weighted by Gasteiger charge is 2.30. The molecule has 0 amide bonds. The minimum absolute atomic E-state index is 0.665. The number of piperazine rings is 1. The van der Waals surface area contributed by atoms with Gasteiger partial charge in [-0.1, -0.05) is 18.2 Å². The van der Waals surface area contributed by atoms with Crippen molar-refractivity contribution in [3.05, 3.63) is 29.8 Å². The van der Waals surface area contributed by atoms with Crippen LogP contribution in [0, 0.1) is 0 Å². The molecular formula is C15H22N2S. The molecule has 3 rings (SSSR count). The first-order chi connectivity index (χ1) is 8.74. The standard InChI is InChI=1S/C15H22N2S/c1-11-8-16-9-12(2)17(11)10-14-7-13-5-3-4-6-15(13)18-14/h3-6,11-12,14,16H,7-10H2,1-2H3. The van der Waals surface area contributed by atoms with Crippen LogP contribution in [0.3, 0.4) is 0 Å². The molecule has 2 aliphatic heterocycles. The molecule has 2 aliphatic rings. The number of thioether (sulfide) groups is 1.